The molecule has 1 aromatic rings. The van der Waals surface area contributed by atoms with E-state index in [1.807, 2.05) is 0 Å². The Kier molecular flexibility index (Phi) is 2.78. The van der Waals surface area contributed by atoms with Crippen LogP contribution in [0.25, 0.3) is 0 Å². The highest BCUT2D eigenvalue weighted by atomic mass is 32.1. The van der Waals surface area contributed by atoms with Crippen LogP contribution in [0, 0.1) is 0 Å². The molecule has 0 saturated carbocycles. The Labute approximate surface area is 73.8 Å². The number of thiazole rings is 1. The van der Waals surface area contributed by atoms with Crippen molar-refractivity contribution in [3.8, 4) is 0 Å². The number of hydrogen-bond acceptors (Lipinski definition) is 5. The van der Waals surface area contributed by atoms with Gasteiger partial charge in [0, 0.05) is 0 Å². The van der Waals surface area contributed by atoms with Gasteiger partial charge in [0.15, 0.2) is 0 Å². The molecule has 4 nitrogen and oxygen atoms in total. The average molecular weight is 187 g/mol. The van der Waals surface area contributed by atoms with Gasteiger partial charge in [-0.05, 0) is 6.92 Å². The standard InChI is InChI=1S/C7H9NO3S/c1-4(9)6-8-3-5(12-6)7(10)11-2/h3-4,9H,1-2H3. The monoisotopic (exact) mass is 187 g/mol. The van der Waals surface area contributed by atoms with Gasteiger partial charge in [-0.25, -0.2) is 9.78 Å². The number of aliphatic hydroxyl groups excluding tert-OH is 1. The van der Waals surface area contributed by atoms with E-state index in [9.17, 15) is 4.79 Å². The molecule has 1 aromatic heterocycles. The zero-order valence-corrected chi connectivity index (χ0v) is 7.59. The van der Waals surface area contributed by atoms with Crippen LogP contribution in [0.15, 0.2) is 6.20 Å². The van der Waals surface area contributed by atoms with Gasteiger partial charge in [0.05, 0.1) is 13.3 Å². The molecule has 0 spiro atoms. The summed E-state index contributed by atoms with van der Waals surface area (Å²) in [6, 6.07) is 0. The molecule has 0 amide bonds. The lowest BCUT2D eigenvalue weighted by Gasteiger charge is -1.95. The van der Waals surface area contributed by atoms with Crippen LogP contribution in [0.5, 0.6) is 0 Å². The summed E-state index contributed by atoms with van der Waals surface area (Å²) in [6.07, 6.45) is 0.770. The number of esters is 1. The van der Waals surface area contributed by atoms with Crippen molar-refractivity contribution in [1.82, 2.24) is 4.98 Å². The maximum Gasteiger partial charge on any atom is 0.349 e. The number of ether oxygens (including phenoxy) is 1. The van der Waals surface area contributed by atoms with Gasteiger partial charge >= 0.3 is 5.97 Å². The number of aromatic nitrogens is 1. The highest BCUT2D eigenvalue weighted by Gasteiger charge is 2.12. The second-order valence-corrected chi connectivity index (χ2v) is 3.29. The van der Waals surface area contributed by atoms with Crippen molar-refractivity contribution in [1.29, 1.82) is 0 Å². The third-order valence-electron chi connectivity index (χ3n) is 1.27. The summed E-state index contributed by atoms with van der Waals surface area (Å²) in [5.41, 5.74) is 0. The first-order chi connectivity index (χ1) is 5.65. The molecule has 12 heavy (non-hydrogen) atoms. The number of rotatable bonds is 2. The minimum Gasteiger partial charge on any atom is -0.465 e. The molecule has 1 atom stereocenters. The van der Waals surface area contributed by atoms with Gasteiger partial charge < -0.3 is 9.84 Å². The van der Waals surface area contributed by atoms with Gasteiger partial charge in [0.1, 0.15) is 16.0 Å². The molecule has 1 heterocycles. The molecule has 0 aliphatic heterocycles. The van der Waals surface area contributed by atoms with Crippen molar-refractivity contribution < 1.29 is 14.6 Å². The van der Waals surface area contributed by atoms with Crippen LogP contribution >= 0.6 is 11.3 Å². The van der Waals surface area contributed by atoms with Crippen molar-refractivity contribution in [3.63, 3.8) is 0 Å². The number of carbonyl (C=O) groups excluding carboxylic acids is 1. The molecule has 0 radical (unpaired) electrons. The molecule has 0 aromatic carbocycles. The maximum atomic E-state index is 10.9. The quantitative estimate of drug-likeness (QED) is 0.701. The van der Waals surface area contributed by atoms with Crippen LogP contribution in [0.4, 0.5) is 0 Å². The van der Waals surface area contributed by atoms with E-state index in [0.717, 1.165) is 11.3 Å². The lowest BCUT2D eigenvalue weighted by molar-refractivity contribution is 0.0606. The summed E-state index contributed by atoms with van der Waals surface area (Å²) in [4.78, 5) is 15.2. The predicted molar refractivity (Wildman–Crippen MR) is 44.1 cm³/mol. The van der Waals surface area contributed by atoms with E-state index in [2.05, 4.69) is 9.72 Å². The molecule has 0 aliphatic carbocycles. The SMILES string of the molecule is COC(=O)c1cnc(C(C)O)s1. The van der Waals surface area contributed by atoms with E-state index in [-0.39, 0.29) is 0 Å². The van der Waals surface area contributed by atoms with E-state index in [1.165, 1.54) is 13.3 Å². The van der Waals surface area contributed by atoms with Gasteiger partial charge in [-0.3, -0.25) is 0 Å². The van der Waals surface area contributed by atoms with Crippen LogP contribution in [0.1, 0.15) is 27.7 Å². The number of hydrogen-bond donors (Lipinski definition) is 1. The first kappa shape index (κ1) is 9.15. The van der Waals surface area contributed by atoms with Crippen molar-refractivity contribution in [2.24, 2.45) is 0 Å². The number of aliphatic hydroxyl groups is 1. The maximum absolute atomic E-state index is 10.9. The molecule has 1 N–H and O–H groups in total. The number of carbonyl (C=O) groups is 1. The van der Waals surface area contributed by atoms with Crippen LogP contribution in [-0.2, 0) is 4.74 Å². The van der Waals surface area contributed by atoms with Crippen molar-refractivity contribution in [2.45, 2.75) is 13.0 Å². The smallest absolute Gasteiger partial charge is 0.349 e. The topological polar surface area (TPSA) is 59.4 Å². The number of nitrogens with zero attached hydrogens (tertiary/aromatic N) is 1. The molecule has 5 heteroatoms. The van der Waals surface area contributed by atoms with Gasteiger partial charge in [-0.1, -0.05) is 0 Å². The Bertz CT molecular complexity index is 282. The summed E-state index contributed by atoms with van der Waals surface area (Å²) >= 11 is 1.14. The summed E-state index contributed by atoms with van der Waals surface area (Å²) in [7, 11) is 1.31. The average Bonchev–Trinajstić information content (AvgIpc) is 2.51. The Morgan fingerprint density at radius 1 is 1.83 bits per heavy atom. The predicted octanol–water partition coefficient (Wildman–Crippen LogP) is 0.983. The van der Waals surface area contributed by atoms with Crippen LogP contribution in [0.2, 0.25) is 0 Å². The fourth-order valence-corrected chi connectivity index (χ4v) is 1.45. The van der Waals surface area contributed by atoms with E-state index < -0.39 is 12.1 Å². The van der Waals surface area contributed by atoms with Crippen LogP contribution < -0.4 is 0 Å². The lowest BCUT2D eigenvalue weighted by atomic mass is 10.4. The van der Waals surface area contributed by atoms with Gasteiger partial charge in [-0.2, -0.15) is 0 Å². The molecular formula is C7H9NO3S. The fourth-order valence-electron chi connectivity index (χ4n) is 0.676. The molecular weight excluding hydrogens is 178 g/mol. The molecule has 0 fully saturated rings. The highest BCUT2D eigenvalue weighted by molar-refractivity contribution is 7.13. The van der Waals surface area contributed by atoms with Gasteiger partial charge in [0.25, 0.3) is 0 Å². The van der Waals surface area contributed by atoms with Crippen LogP contribution in [-0.4, -0.2) is 23.2 Å². The van der Waals surface area contributed by atoms with Gasteiger partial charge in [0.2, 0.25) is 0 Å². The Hall–Kier alpha value is -0.940. The third kappa shape index (κ3) is 1.80. The molecule has 66 valence electrons. The first-order valence-electron chi connectivity index (χ1n) is 3.37. The van der Waals surface area contributed by atoms with Crippen molar-refractivity contribution in [3.05, 3.63) is 16.1 Å². The Morgan fingerprint density at radius 2 is 2.50 bits per heavy atom. The summed E-state index contributed by atoms with van der Waals surface area (Å²) < 4.78 is 4.48. The van der Waals surface area contributed by atoms with E-state index in [1.54, 1.807) is 6.92 Å². The van der Waals surface area contributed by atoms with E-state index in [4.69, 9.17) is 5.11 Å². The molecule has 0 saturated heterocycles. The Morgan fingerprint density at radius 3 is 2.92 bits per heavy atom. The second kappa shape index (κ2) is 3.64. The van der Waals surface area contributed by atoms with E-state index >= 15 is 0 Å². The minimum atomic E-state index is -0.631. The summed E-state index contributed by atoms with van der Waals surface area (Å²) in [6.45, 7) is 1.60. The van der Waals surface area contributed by atoms with Gasteiger partial charge in [-0.15, -0.1) is 11.3 Å². The fraction of sp³-hybridized carbons (Fsp3) is 0.429. The van der Waals surface area contributed by atoms with Crippen LogP contribution in [0.3, 0.4) is 0 Å². The number of methoxy groups -OCH3 is 1. The van der Waals surface area contributed by atoms with Crippen molar-refractivity contribution >= 4 is 17.3 Å². The van der Waals surface area contributed by atoms with E-state index in [0.29, 0.717) is 9.88 Å². The highest BCUT2D eigenvalue weighted by Crippen LogP contribution is 2.19. The summed E-state index contributed by atoms with van der Waals surface area (Å²) in [5.74, 6) is -0.417. The zero-order valence-electron chi connectivity index (χ0n) is 6.77. The third-order valence-corrected chi connectivity index (χ3v) is 2.42. The first-order valence-corrected chi connectivity index (χ1v) is 4.19. The van der Waals surface area contributed by atoms with Crippen molar-refractivity contribution in [2.75, 3.05) is 7.11 Å². The minimum absolute atomic E-state index is 0.411. The summed E-state index contributed by atoms with van der Waals surface area (Å²) in [5, 5.41) is 9.61. The molecule has 0 bridgehead atoms. The zero-order chi connectivity index (χ0) is 9.14. The molecule has 1 unspecified atom stereocenters. The molecule has 1 rings (SSSR count). The Balaban J connectivity index is 2.84. The second-order valence-electron chi connectivity index (χ2n) is 2.23. The normalized spacial score (nSPS) is 12.6. The lowest BCUT2D eigenvalue weighted by Crippen LogP contribution is -1.96. The largest absolute Gasteiger partial charge is 0.465 e. The molecule has 0 aliphatic rings.